The zero-order valence-corrected chi connectivity index (χ0v) is 11.2. The molecular weight excluding hydrogens is 240 g/mol. The Hall–Kier alpha value is -1.21. The molecule has 0 bridgehead atoms. The van der Waals surface area contributed by atoms with E-state index in [2.05, 4.69) is 15.3 Å². The van der Waals surface area contributed by atoms with Gasteiger partial charge in [-0.2, -0.15) is 0 Å². The third kappa shape index (κ3) is 3.37. The summed E-state index contributed by atoms with van der Waals surface area (Å²) in [5.41, 5.74) is 0. The molecule has 0 aliphatic heterocycles. The van der Waals surface area contributed by atoms with Crippen molar-refractivity contribution in [2.45, 2.75) is 25.2 Å². The average molecular weight is 258 g/mol. The number of nitrogens with zero attached hydrogens (tertiary/aromatic N) is 3. The summed E-state index contributed by atoms with van der Waals surface area (Å²) in [7, 11) is -1.92. The summed E-state index contributed by atoms with van der Waals surface area (Å²) in [6.07, 6.45) is 3.61. The number of nitrogens with one attached hydrogen (secondary N) is 1. The second-order valence-electron chi connectivity index (χ2n) is 3.59. The molecule has 7 heteroatoms. The van der Waals surface area contributed by atoms with E-state index in [9.17, 15) is 8.42 Å². The third-order valence-electron chi connectivity index (χ3n) is 2.31. The molecule has 96 valence electrons. The summed E-state index contributed by atoms with van der Waals surface area (Å²) in [5.74, 6) is 0.449. The highest BCUT2D eigenvalue weighted by atomic mass is 32.2. The zero-order chi connectivity index (χ0) is 12.9. The Morgan fingerprint density at radius 3 is 2.35 bits per heavy atom. The lowest BCUT2D eigenvalue weighted by Crippen LogP contribution is -2.26. The van der Waals surface area contributed by atoms with Crippen LogP contribution in [0, 0.1) is 0 Å². The van der Waals surface area contributed by atoms with E-state index < -0.39 is 10.0 Å². The normalized spacial score (nSPS) is 11.8. The van der Waals surface area contributed by atoms with Crippen LogP contribution in [0.2, 0.25) is 0 Å². The average Bonchev–Trinajstić information content (AvgIpc) is 2.35. The molecular formula is C10H18N4O2S. The van der Waals surface area contributed by atoms with E-state index in [0.717, 1.165) is 13.0 Å². The Morgan fingerprint density at radius 1 is 1.29 bits per heavy atom. The van der Waals surface area contributed by atoms with E-state index in [0.29, 0.717) is 12.5 Å². The van der Waals surface area contributed by atoms with E-state index >= 15 is 0 Å². The minimum Gasteiger partial charge on any atom is -0.354 e. The highest BCUT2D eigenvalue weighted by Crippen LogP contribution is 2.12. The Bertz CT molecular complexity index is 444. The Labute approximate surface area is 102 Å². The first-order valence-electron chi connectivity index (χ1n) is 5.54. The summed E-state index contributed by atoms with van der Waals surface area (Å²) >= 11 is 0. The molecule has 0 aliphatic carbocycles. The van der Waals surface area contributed by atoms with E-state index in [1.165, 1.54) is 23.7 Å². The van der Waals surface area contributed by atoms with Crippen molar-refractivity contribution in [3.63, 3.8) is 0 Å². The molecule has 6 nitrogen and oxygen atoms in total. The van der Waals surface area contributed by atoms with Gasteiger partial charge in [0.25, 0.3) is 0 Å². The summed E-state index contributed by atoms with van der Waals surface area (Å²) in [6.45, 7) is 4.98. The lowest BCUT2D eigenvalue weighted by Gasteiger charge is -2.14. The van der Waals surface area contributed by atoms with Gasteiger partial charge < -0.3 is 5.32 Å². The van der Waals surface area contributed by atoms with E-state index in [-0.39, 0.29) is 4.90 Å². The second-order valence-corrected chi connectivity index (χ2v) is 5.63. The minimum atomic E-state index is -3.45. The molecule has 0 radical (unpaired) electrons. The van der Waals surface area contributed by atoms with Gasteiger partial charge in [-0.3, -0.25) is 0 Å². The van der Waals surface area contributed by atoms with Crippen LogP contribution in [0.1, 0.15) is 20.3 Å². The SMILES string of the molecule is CCCNc1ncc(S(=O)(=O)N(C)CC)cn1. The van der Waals surface area contributed by atoms with Crippen LogP contribution in [0.3, 0.4) is 0 Å². The molecule has 1 heterocycles. The Morgan fingerprint density at radius 2 is 1.88 bits per heavy atom. The summed E-state index contributed by atoms with van der Waals surface area (Å²) in [6, 6.07) is 0. The largest absolute Gasteiger partial charge is 0.354 e. The van der Waals surface area contributed by atoms with Gasteiger partial charge in [0, 0.05) is 20.1 Å². The van der Waals surface area contributed by atoms with Crippen LogP contribution in [0.5, 0.6) is 0 Å². The van der Waals surface area contributed by atoms with E-state index in [4.69, 9.17) is 0 Å². The molecule has 0 aromatic carbocycles. The van der Waals surface area contributed by atoms with Crippen LogP contribution in [0.4, 0.5) is 5.95 Å². The lowest BCUT2D eigenvalue weighted by molar-refractivity contribution is 0.485. The summed E-state index contributed by atoms with van der Waals surface area (Å²) < 4.78 is 25.1. The number of hydrogen-bond acceptors (Lipinski definition) is 5. The van der Waals surface area contributed by atoms with Gasteiger partial charge in [0.05, 0.1) is 12.4 Å². The second kappa shape index (κ2) is 5.92. The highest BCUT2D eigenvalue weighted by Gasteiger charge is 2.19. The molecule has 17 heavy (non-hydrogen) atoms. The van der Waals surface area contributed by atoms with Crippen molar-refractivity contribution in [1.82, 2.24) is 14.3 Å². The van der Waals surface area contributed by atoms with Gasteiger partial charge in [-0.25, -0.2) is 22.7 Å². The molecule has 1 rings (SSSR count). The number of aromatic nitrogens is 2. The Balaban J connectivity index is 2.87. The fourth-order valence-corrected chi connectivity index (χ4v) is 2.20. The van der Waals surface area contributed by atoms with Crippen molar-refractivity contribution in [3.05, 3.63) is 12.4 Å². The van der Waals surface area contributed by atoms with Crippen molar-refractivity contribution in [1.29, 1.82) is 0 Å². The molecule has 0 unspecified atom stereocenters. The highest BCUT2D eigenvalue weighted by molar-refractivity contribution is 7.89. The molecule has 1 N–H and O–H groups in total. The fourth-order valence-electron chi connectivity index (χ4n) is 1.13. The zero-order valence-electron chi connectivity index (χ0n) is 10.3. The standard InChI is InChI=1S/C10H18N4O2S/c1-4-6-11-10-12-7-9(8-13-10)17(15,16)14(3)5-2/h7-8H,4-6H2,1-3H3,(H,11,12,13). The number of rotatable bonds is 6. The minimum absolute atomic E-state index is 0.115. The molecule has 0 saturated heterocycles. The molecule has 0 atom stereocenters. The molecule has 0 aliphatic rings. The van der Waals surface area contributed by atoms with Crippen molar-refractivity contribution in [3.8, 4) is 0 Å². The molecule has 0 spiro atoms. The van der Waals surface area contributed by atoms with Gasteiger partial charge in [-0.05, 0) is 6.42 Å². The summed E-state index contributed by atoms with van der Waals surface area (Å²) in [5, 5.41) is 2.99. The van der Waals surface area contributed by atoms with Gasteiger partial charge in [0.2, 0.25) is 16.0 Å². The maximum atomic E-state index is 11.9. The lowest BCUT2D eigenvalue weighted by atomic mass is 10.5. The van der Waals surface area contributed by atoms with Crippen LogP contribution in [-0.4, -0.2) is 42.8 Å². The fraction of sp³-hybridized carbons (Fsp3) is 0.600. The monoisotopic (exact) mass is 258 g/mol. The van der Waals surface area contributed by atoms with Crippen LogP contribution in [0.15, 0.2) is 17.3 Å². The first-order chi connectivity index (χ1) is 8.02. The van der Waals surface area contributed by atoms with Crippen molar-refractivity contribution < 1.29 is 8.42 Å². The van der Waals surface area contributed by atoms with Gasteiger partial charge in [0.1, 0.15) is 4.90 Å². The summed E-state index contributed by atoms with van der Waals surface area (Å²) in [4.78, 5) is 8.06. The van der Waals surface area contributed by atoms with Gasteiger partial charge in [-0.1, -0.05) is 13.8 Å². The molecule has 1 aromatic heterocycles. The third-order valence-corrected chi connectivity index (χ3v) is 4.20. The molecule has 1 aromatic rings. The number of anilines is 1. The maximum Gasteiger partial charge on any atom is 0.245 e. The number of sulfonamides is 1. The molecule has 0 saturated carbocycles. The quantitative estimate of drug-likeness (QED) is 0.822. The van der Waals surface area contributed by atoms with Crippen molar-refractivity contribution >= 4 is 16.0 Å². The number of hydrogen-bond donors (Lipinski definition) is 1. The van der Waals surface area contributed by atoms with Crippen LogP contribution in [0.25, 0.3) is 0 Å². The predicted octanol–water partition coefficient (Wildman–Crippen LogP) is 0.939. The van der Waals surface area contributed by atoms with Crippen molar-refractivity contribution in [2.24, 2.45) is 0 Å². The maximum absolute atomic E-state index is 11.9. The predicted molar refractivity (Wildman–Crippen MR) is 66.3 cm³/mol. The Kier molecular flexibility index (Phi) is 4.83. The van der Waals surface area contributed by atoms with E-state index in [1.54, 1.807) is 6.92 Å². The molecule has 0 fully saturated rings. The van der Waals surface area contributed by atoms with Gasteiger partial charge >= 0.3 is 0 Å². The topological polar surface area (TPSA) is 75.2 Å². The van der Waals surface area contributed by atoms with Gasteiger partial charge in [-0.15, -0.1) is 0 Å². The smallest absolute Gasteiger partial charge is 0.245 e. The van der Waals surface area contributed by atoms with Gasteiger partial charge in [0.15, 0.2) is 0 Å². The van der Waals surface area contributed by atoms with Crippen LogP contribution < -0.4 is 5.32 Å². The first-order valence-corrected chi connectivity index (χ1v) is 6.98. The first kappa shape index (κ1) is 13.9. The van der Waals surface area contributed by atoms with Crippen LogP contribution >= 0.6 is 0 Å². The molecule has 0 amide bonds. The van der Waals surface area contributed by atoms with Crippen LogP contribution in [-0.2, 0) is 10.0 Å². The van der Waals surface area contributed by atoms with E-state index in [1.807, 2.05) is 6.92 Å². The van der Waals surface area contributed by atoms with Crippen molar-refractivity contribution in [2.75, 3.05) is 25.5 Å².